The number of hydrogen-bond acceptors (Lipinski definition) is 9. The number of amides is 2. The third kappa shape index (κ3) is 4.13. The molecular formula is C14H14BrN3O8S. The Hall–Kier alpha value is -2.41. The first-order chi connectivity index (χ1) is 12.7. The van der Waals surface area contributed by atoms with Crippen LogP contribution in [0.2, 0.25) is 0 Å². The molecule has 0 saturated carbocycles. The monoisotopic (exact) mass is 463 g/mol. The lowest BCUT2D eigenvalue weighted by Gasteiger charge is -2.49. The predicted octanol–water partition coefficient (Wildman–Crippen LogP) is 0.219. The molecule has 2 atom stereocenters. The molecule has 1 saturated heterocycles. The summed E-state index contributed by atoms with van der Waals surface area (Å²) in [6.07, 6.45) is 0. The fourth-order valence-corrected chi connectivity index (χ4v) is 4.07. The fourth-order valence-electron chi connectivity index (χ4n) is 2.48. The fraction of sp³-hybridized carbons (Fsp3) is 0.429. The Labute approximate surface area is 164 Å². The molecule has 2 rings (SSSR count). The number of rotatable bonds is 7. The molecule has 0 unspecified atom stereocenters. The van der Waals surface area contributed by atoms with Crippen LogP contribution in [0.25, 0.3) is 0 Å². The van der Waals surface area contributed by atoms with E-state index in [0.717, 1.165) is 16.7 Å². The third-order valence-corrected chi connectivity index (χ3v) is 5.56. The van der Waals surface area contributed by atoms with Gasteiger partial charge in [0.05, 0.1) is 5.33 Å². The predicted molar refractivity (Wildman–Crippen MR) is 95.6 cm³/mol. The first kappa shape index (κ1) is 20.9. The molecule has 0 aromatic rings. The maximum Gasteiger partial charge on any atom is 0.352 e. The van der Waals surface area contributed by atoms with Gasteiger partial charge in [0.25, 0.3) is 11.8 Å². The average Bonchev–Trinajstić information content (AvgIpc) is 2.63. The van der Waals surface area contributed by atoms with Crippen molar-refractivity contribution in [3.8, 4) is 0 Å². The number of aliphatic hydroxyl groups is 1. The van der Waals surface area contributed by atoms with Crippen LogP contribution in [0.4, 0.5) is 0 Å². The summed E-state index contributed by atoms with van der Waals surface area (Å²) in [5.74, 6) is -4.15. The van der Waals surface area contributed by atoms with Crippen molar-refractivity contribution in [1.82, 2.24) is 10.2 Å². The molecule has 0 bridgehead atoms. The molecule has 2 heterocycles. The number of hydrogen-bond donors (Lipinski definition) is 3. The van der Waals surface area contributed by atoms with Gasteiger partial charge >= 0.3 is 11.9 Å². The van der Waals surface area contributed by atoms with Gasteiger partial charge in [0.1, 0.15) is 29.5 Å². The molecule has 0 radical (unpaired) electrons. The Morgan fingerprint density at radius 2 is 2.07 bits per heavy atom. The summed E-state index contributed by atoms with van der Waals surface area (Å²) < 4.78 is 4.81. The maximum absolute atomic E-state index is 12.4. The number of nitrogens with one attached hydrogen (secondary N) is 1. The number of alkyl halides is 1. The van der Waals surface area contributed by atoms with Crippen LogP contribution in [0.5, 0.6) is 0 Å². The second-order valence-corrected chi connectivity index (χ2v) is 7.08. The summed E-state index contributed by atoms with van der Waals surface area (Å²) in [6.45, 7) is 0.910. The van der Waals surface area contributed by atoms with E-state index < -0.39 is 46.6 Å². The van der Waals surface area contributed by atoms with Gasteiger partial charge in [-0.25, -0.2) is 4.79 Å². The van der Waals surface area contributed by atoms with Crippen LogP contribution in [0.15, 0.2) is 27.9 Å². The molecule has 0 aromatic heterocycles. The molecular weight excluding hydrogens is 450 g/mol. The number of carboxylic acid groups (broad SMARTS) is 1. The zero-order valence-corrected chi connectivity index (χ0v) is 16.2. The first-order valence-electron chi connectivity index (χ1n) is 7.38. The summed E-state index contributed by atoms with van der Waals surface area (Å²) in [6, 6.07) is -1.09. The summed E-state index contributed by atoms with van der Waals surface area (Å²) in [4.78, 5) is 58.7. The van der Waals surface area contributed by atoms with E-state index in [1.54, 1.807) is 0 Å². The topological polar surface area (TPSA) is 163 Å². The van der Waals surface area contributed by atoms with E-state index in [1.807, 2.05) is 0 Å². The average molecular weight is 464 g/mol. The number of nitroso groups, excluding NO2 is 1. The highest BCUT2D eigenvalue weighted by Gasteiger charge is 2.54. The van der Waals surface area contributed by atoms with Crippen molar-refractivity contribution in [2.45, 2.75) is 18.3 Å². The zero-order valence-electron chi connectivity index (χ0n) is 13.8. The van der Waals surface area contributed by atoms with Gasteiger partial charge in [-0.1, -0.05) is 15.9 Å². The summed E-state index contributed by atoms with van der Waals surface area (Å²) >= 11 is 4.03. The molecule has 13 heteroatoms. The van der Waals surface area contributed by atoms with Crippen molar-refractivity contribution in [3.05, 3.63) is 27.6 Å². The summed E-state index contributed by atoms with van der Waals surface area (Å²) in [5.41, 5.74) is -0.823. The lowest BCUT2D eigenvalue weighted by molar-refractivity contribution is -0.150. The Balaban J connectivity index is 2.20. The van der Waals surface area contributed by atoms with Gasteiger partial charge in [0, 0.05) is 18.2 Å². The molecule has 2 aliphatic heterocycles. The number of carbonyl (C=O) groups excluding carboxylic acids is 3. The number of nitrogens with zero attached hydrogens (tertiary/aromatic N) is 2. The standard InChI is InChI=1S/C14H14BrN3O8S/c1-5(19)26-3-6-4-27-13-9(12(22)18(13)10(6)14(23)24)16-11(21)8(17-25)7(20)2-15/h9,13,20H,2-4H2,1H3,(H,16,21)(H,23,24)/b8-7+/t9-,13-/m1/s1. The number of esters is 1. The van der Waals surface area contributed by atoms with Gasteiger partial charge in [-0.2, -0.15) is 0 Å². The van der Waals surface area contributed by atoms with Gasteiger partial charge in [0.2, 0.25) is 5.70 Å². The van der Waals surface area contributed by atoms with Crippen molar-refractivity contribution in [2.24, 2.45) is 5.18 Å². The second kappa shape index (κ2) is 8.52. The molecule has 27 heavy (non-hydrogen) atoms. The molecule has 0 aliphatic carbocycles. The van der Waals surface area contributed by atoms with E-state index in [0.29, 0.717) is 0 Å². The number of thioether (sulfide) groups is 1. The first-order valence-corrected chi connectivity index (χ1v) is 9.55. The van der Waals surface area contributed by atoms with Crippen LogP contribution in [0.3, 0.4) is 0 Å². The van der Waals surface area contributed by atoms with Crippen LogP contribution in [0.1, 0.15) is 6.92 Å². The Morgan fingerprint density at radius 3 is 2.59 bits per heavy atom. The molecule has 11 nitrogen and oxygen atoms in total. The molecule has 0 aromatic carbocycles. The SMILES string of the molecule is CC(=O)OCC1=C(C(=O)O)N2C(=O)[C@@H](NC(=O)/C(N=O)=C(\O)CBr)[C@H]2SC1. The van der Waals surface area contributed by atoms with E-state index in [2.05, 4.69) is 26.4 Å². The summed E-state index contributed by atoms with van der Waals surface area (Å²) in [5, 5.41) is 22.7. The van der Waals surface area contributed by atoms with E-state index in [9.17, 15) is 34.3 Å². The molecule has 2 amide bonds. The normalized spacial score (nSPS) is 22.3. The number of carbonyl (C=O) groups is 4. The number of carboxylic acids is 1. The van der Waals surface area contributed by atoms with E-state index in [4.69, 9.17) is 4.74 Å². The number of β-lactam (4-membered cyclic amide) rings is 1. The van der Waals surface area contributed by atoms with Crippen molar-refractivity contribution < 1.29 is 34.1 Å². The van der Waals surface area contributed by atoms with Crippen LogP contribution >= 0.6 is 27.7 Å². The quantitative estimate of drug-likeness (QED) is 0.119. The summed E-state index contributed by atoms with van der Waals surface area (Å²) in [7, 11) is 0. The number of ether oxygens (including phenoxy) is 1. The van der Waals surface area contributed by atoms with E-state index in [1.165, 1.54) is 6.92 Å². The minimum Gasteiger partial charge on any atom is -0.509 e. The van der Waals surface area contributed by atoms with Gasteiger partial charge < -0.3 is 20.3 Å². The molecule has 146 valence electrons. The third-order valence-electron chi connectivity index (χ3n) is 3.69. The Morgan fingerprint density at radius 1 is 1.41 bits per heavy atom. The lowest BCUT2D eigenvalue weighted by Crippen LogP contribution is -2.70. The highest BCUT2D eigenvalue weighted by molar-refractivity contribution is 9.09. The highest BCUT2D eigenvalue weighted by Crippen LogP contribution is 2.40. The van der Waals surface area contributed by atoms with Crippen molar-refractivity contribution in [1.29, 1.82) is 0 Å². The van der Waals surface area contributed by atoms with Crippen LogP contribution in [-0.4, -0.2) is 68.0 Å². The van der Waals surface area contributed by atoms with Gasteiger partial charge in [-0.05, 0) is 5.18 Å². The molecule has 1 fully saturated rings. The highest BCUT2D eigenvalue weighted by atomic mass is 79.9. The van der Waals surface area contributed by atoms with Crippen molar-refractivity contribution >= 4 is 51.4 Å². The van der Waals surface area contributed by atoms with E-state index >= 15 is 0 Å². The van der Waals surface area contributed by atoms with Gasteiger partial charge in [-0.15, -0.1) is 16.7 Å². The molecule has 0 spiro atoms. The number of allylic oxidation sites excluding steroid dienone is 1. The van der Waals surface area contributed by atoms with Gasteiger partial charge in [-0.3, -0.25) is 19.3 Å². The van der Waals surface area contributed by atoms with Crippen molar-refractivity contribution in [3.63, 3.8) is 0 Å². The number of fused-ring (bicyclic) bond motifs is 1. The zero-order chi connectivity index (χ0) is 20.3. The minimum absolute atomic E-state index is 0.164. The van der Waals surface area contributed by atoms with Crippen LogP contribution < -0.4 is 5.32 Å². The van der Waals surface area contributed by atoms with Gasteiger partial charge in [0.15, 0.2) is 0 Å². The second-order valence-electron chi connectivity index (χ2n) is 5.42. The van der Waals surface area contributed by atoms with Crippen LogP contribution in [0, 0.1) is 4.91 Å². The molecule has 3 N–H and O–H groups in total. The number of halogens is 1. The Kier molecular flexibility index (Phi) is 6.59. The number of aliphatic carboxylic acids is 1. The smallest absolute Gasteiger partial charge is 0.352 e. The largest absolute Gasteiger partial charge is 0.509 e. The van der Waals surface area contributed by atoms with Crippen molar-refractivity contribution in [2.75, 3.05) is 17.7 Å². The maximum atomic E-state index is 12.4. The van der Waals surface area contributed by atoms with Crippen LogP contribution in [-0.2, 0) is 23.9 Å². The van der Waals surface area contributed by atoms with E-state index in [-0.39, 0.29) is 29.0 Å². The minimum atomic E-state index is -1.37. The Bertz CT molecular complexity index is 780. The lowest BCUT2D eigenvalue weighted by atomic mass is 10.0. The molecule has 2 aliphatic rings. The number of aliphatic hydroxyl groups excluding tert-OH is 1.